The van der Waals surface area contributed by atoms with Crippen molar-refractivity contribution in [1.82, 2.24) is 15.1 Å². The van der Waals surface area contributed by atoms with Gasteiger partial charge in [-0.3, -0.25) is 9.69 Å². The molecule has 38 heavy (non-hydrogen) atoms. The summed E-state index contributed by atoms with van der Waals surface area (Å²) in [4.78, 5) is 42.4. The predicted molar refractivity (Wildman–Crippen MR) is 145 cm³/mol. The highest BCUT2D eigenvalue weighted by atomic mass is 16.6. The molecule has 3 amide bonds. The van der Waals surface area contributed by atoms with Gasteiger partial charge < -0.3 is 24.6 Å². The van der Waals surface area contributed by atoms with Gasteiger partial charge in [0.05, 0.1) is 19.3 Å². The van der Waals surface area contributed by atoms with E-state index in [2.05, 4.69) is 5.32 Å². The van der Waals surface area contributed by atoms with Crippen molar-refractivity contribution in [3.8, 4) is 0 Å². The number of ether oxygens (including phenoxy) is 3. The molecule has 0 radical (unpaired) electrons. The van der Waals surface area contributed by atoms with Crippen molar-refractivity contribution in [3.05, 3.63) is 48.4 Å². The van der Waals surface area contributed by atoms with Crippen LogP contribution in [0.1, 0.15) is 73.5 Å². The summed E-state index contributed by atoms with van der Waals surface area (Å²) in [5.41, 5.74) is -1.66. The number of nitrogens with zero attached hydrogens (tertiary/aromatic N) is 2. The average molecular weight is 536 g/mol. The molecule has 1 aromatic rings. The van der Waals surface area contributed by atoms with E-state index in [1.807, 2.05) is 37.3 Å². The maximum Gasteiger partial charge on any atom is 0.332 e. The Hall–Kier alpha value is -3.11. The number of rotatable bonds is 13. The van der Waals surface area contributed by atoms with E-state index in [1.54, 1.807) is 40.9 Å². The summed E-state index contributed by atoms with van der Waals surface area (Å²) in [7, 11) is 1.71. The van der Waals surface area contributed by atoms with E-state index >= 15 is 0 Å². The molecule has 0 aromatic heterocycles. The summed E-state index contributed by atoms with van der Waals surface area (Å²) in [5.74, 6) is -1.35. The fourth-order valence-electron chi connectivity index (χ4n) is 3.65. The molecule has 0 heterocycles. The molecule has 1 aromatic carbocycles. The molecule has 1 rings (SSSR count). The van der Waals surface area contributed by atoms with Gasteiger partial charge in [0, 0.05) is 26.6 Å². The summed E-state index contributed by atoms with van der Waals surface area (Å²) >= 11 is 0. The average Bonchev–Trinajstić information content (AvgIpc) is 2.81. The van der Waals surface area contributed by atoms with Gasteiger partial charge in [0.15, 0.2) is 6.23 Å². The van der Waals surface area contributed by atoms with Crippen molar-refractivity contribution < 1.29 is 33.7 Å². The molecular weight excluding hydrogens is 490 g/mol. The van der Waals surface area contributed by atoms with Gasteiger partial charge in [0.2, 0.25) is 5.91 Å². The Labute approximate surface area is 226 Å². The monoisotopic (exact) mass is 535 g/mol. The smallest absolute Gasteiger partial charge is 0.332 e. The number of esters is 1. The fraction of sp³-hybridized carbons (Fsp3) is 0.607. The lowest BCUT2D eigenvalue weighted by atomic mass is 10.0. The van der Waals surface area contributed by atoms with Crippen molar-refractivity contribution in [3.63, 3.8) is 0 Å². The zero-order valence-corrected chi connectivity index (χ0v) is 24.2. The number of nitrogens with one attached hydrogen (secondary N) is 1. The van der Waals surface area contributed by atoms with Crippen LogP contribution in [0.2, 0.25) is 0 Å². The van der Waals surface area contributed by atoms with Gasteiger partial charge in [-0.25, -0.2) is 14.5 Å². The van der Waals surface area contributed by atoms with Crippen molar-refractivity contribution in [1.29, 1.82) is 0 Å². The molecular formula is C28H45N3O7. The van der Waals surface area contributed by atoms with Crippen molar-refractivity contribution in [2.24, 2.45) is 0 Å². The minimum absolute atomic E-state index is 0.0182. The lowest BCUT2D eigenvalue weighted by Gasteiger charge is -2.41. The molecule has 214 valence electrons. The number of imide groups is 1. The van der Waals surface area contributed by atoms with E-state index in [0.717, 1.165) is 10.5 Å². The summed E-state index contributed by atoms with van der Waals surface area (Å²) in [6.07, 6.45) is 1.17. The highest BCUT2D eigenvalue weighted by Gasteiger charge is 2.46. The molecule has 2 N–H and O–H groups in total. The lowest BCUT2D eigenvalue weighted by molar-refractivity contribution is -0.169. The van der Waals surface area contributed by atoms with E-state index in [9.17, 15) is 19.5 Å². The van der Waals surface area contributed by atoms with Crippen molar-refractivity contribution >= 4 is 17.9 Å². The minimum atomic E-state index is -1.61. The van der Waals surface area contributed by atoms with Crippen molar-refractivity contribution in [2.75, 3.05) is 20.2 Å². The first kappa shape index (κ1) is 32.9. The third kappa shape index (κ3) is 9.98. The fourth-order valence-corrected chi connectivity index (χ4v) is 3.65. The molecule has 0 aliphatic carbocycles. The number of carbonyl (C=O) groups excluding carboxylic acids is 3. The lowest BCUT2D eigenvalue weighted by Crippen LogP contribution is -2.62. The van der Waals surface area contributed by atoms with Crippen LogP contribution in [-0.2, 0) is 23.8 Å². The molecule has 2 unspecified atom stereocenters. The molecule has 10 heteroatoms. The first-order valence-corrected chi connectivity index (χ1v) is 12.8. The quantitative estimate of drug-likeness (QED) is 0.221. The van der Waals surface area contributed by atoms with Crippen LogP contribution in [0.25, 0.3) is 0 Å². The summed E-state index contributed by atoms with van der Waals surface area (Å²) in [5, 5.41) is 12.7. The topological polar surface area (TPSA) is 118 Å². The molecule has 0 saturated heterocycles. The van der Waals surface area contributed by atoms with E-state index in [4.69, 9.17) is 14.2 Å². The maximum absolute atomic E-state index is 14.1. The van der Waals surface area contributed by atoms with Crippen LogP contribution in [0.5, 0.6) is 0 Å². The molecule has 0 aliphatic rings. The van der Waals surface area contributed by atoms with Gasteiger partial charge in [-0.2, -0.15) is 0 Å². The molecule has 0 bridgehead atoms. The zero-order valence-electron chi connectivity index (χ0n) is 24.2. The Morgan fingerprint density at radius 3 is 2.18 bits per heavy atom. The van der Waals surface area contributed by atoms with Crippen LogP contribution in [0, 0.1) is 0 Å². The van der Waals surface area contributed by atoms with Gasteiger partial charge in [0.1, 0.15) is 23.5 Å². The molecule has 0 spiro atoms. The number of benzene rings is 1. The standard InChI is InChI=1S/C28H45N3O7/c1-10-24(36-17-16-29-9)30(18-23(37-19-20(2)32)22-14-12-11-13-15-22)26(35)31(21(3)33)28(7,8)25(34)38-27(4,5)6/h11-17,20,23-24,29,32H,10,18-19H2,1-9H3/b17-16-/t20?,23-,24?/m0/s1. The largest absolute Gasteiger partial charge is 0.477 e. The molecule has 3 atom stereocenters. The number of carbonyl (C=O) groups is 3. The summed E-state index contributed by atoms with van der Waals surface area (Å²) < 4.78 is 17.4. The second-order valence-corrected chi connectivity index (χ2v) is 10.5. The molecule has 0 fully saturated rings. The highest BCUT2D eigenvalue weighted by molar-refractivity contribution is 5.99. The van der Waals surface area contributed by atoms with Crippen LogP contribution in [0.3, 0.4) is 0 Å². The third-order valence-electron chi connectivity index (χ3n) is 5.45. The number of amides is 3. The van der Waals surface area contributed by atoms with Gasteiger partial charge in [0.25, 0.3) is 0 Å². The van der Waals surface area contributed by atoms with Crippen LogP contribution in [0.15, 0.2) is 42.8 Å². The molecule has 10 nitrogen and oxygen atoms in total. The Morgan fingerprint density at radius 2 is 1.71 bits per heavy atom. The van der Waals surface area contributed by atoms with Gasteiger partial charge >= 0.3 is 12.0 Å². The zero-order chi connectivity index (χ0) is 29.1. The maximum atomic E-state index is 14.1. The van der Waals surface area contributed by atoms with Crippen LogP contribution < -0.4 is 5.32 Å². The molecule has 0 aliphatic heterocycles. The number of urea groups is 1. The minimum Gasteiger partial charge on any atom is -0.477 e. The van der Waals surface area contributed by atoms with E-state index < -0.39 is 47.5 Å². The van der Waals surface area contributed by atoms with Crippen LogP contribution >= 0.6 is 0 Å². The SMILES string of the molecule is CCC(O/C=C\NC)N(C[C@H](OCC(C)O)c1ccccc1)C(=O)N(C(C)=O)C(C)(C)C(=O)OC(C)(C)C. The first-order chi connectivity index (χ1) is 17.7. The van der Waals surface area contributed by atoms with E-state index in [-0.39, 0.29) is 13.2 Å². The van der Waals surface area contributed by atoms with Crippen molar-refractivity contribution in [2.45, 2.75) is 91.4 Å². The van der Waals surface area contributed by atoms with Crippen LogP contribution in [-0.4, -0.2) is 76.5 Å². The third-order valence-corrected chi connectivity index (χ3v) is 5.45. The second-order valence-electron chi connectivity index (χ2n) is 10.5. The summed E-state index contributed by atoms with van der Waals surface area (Å²) in [6.45, 7) is 12.8. The Morgan fingerprint density at radius 1 is 1.11 bits per heavy atom. The van der Waals surface area contributed by atoms with E-state index in [1.165, 1.54) is 31.9 Å². The predicted octanol–water partition coefficient (Wildman–Crippen LogP) is 3.96. The number of aliphatic hydroxyl groups excluding tert-OH is 1. The number of aliphatic hydroxyl groups is 1. The van der Waals surface area contributed by atoms with Crippen LogP contribution in [0.4, 0.5) is 4.79 Å². The number of hydrogen-bond acceptors (Lipinski definition) is 8. The second kappa shape index (κ2) is 14.7. The first-order valence-electron chi connectivity index (χ1n) is 12.8. The van der Waals surface area contributed by atoms with E-state index in [0.29, 0.717) is 6.42 Å². The Kier molecular flexibility index (Phi) is 12.8. The highest BCUT2D eigenvalue weighted by Crippen LogP contribution is 2.27. The van der Waals surface area contributed by atoms with Gasteiger partial charge in [-0.1, -0.05) is 37.3 Å². The Balaban J connectivity index is 3.56. The normalized spacial score (nSPS) is 14.4. The number of hydrogen-bond donors (Lipinski definition) is 2. The van der Waals surface area contributed by atoms with Gasteiger partial charge in [-0.05, 0) is 47.1 Å². The summed E-state index contributed by atoms with van der Waals surface area (Å²) in [6, 6.07) is 8.52. The Bertz CT molecular complexity index is 926. The molecule has 0 saturated carbocycles. The van der Waals surface area contributed by atoms with Gasteiger partial charge in [-0.15, -0.1) is 0 Å².